The number of hydrogen-bond acceptors (Lipinski definition) is 2. The van der Waals surface area contributed by atoms with Gasteiger partial charge < -0.3 is 5.32 Å². The number of benzene rings is 1. The number of anilines is 1. The van der Waals surface area contributed by atoms with Gasteiger partial charge in [-0.1, -0.05) is 45.9 Å². The minimum Gasteiger partial charge on any atom is -0.324 e. The van der Waals surface area contributed by atoms with E-state index >= 15 is 0 Å². The fourth-order valence-corrected chi connectivity index (χ4v) is 2.57. The van der Waals surface area contributed by atoms with E-state index in [1.165, 1.54) is 11.1 Å². The van der Waals surface area contributed by atoms with Crippen molar-refractivity contribution in [1.29, 1.82) is 0 Å². The van der Waals surface area contributed by atoms with Gasteiger partial charge in [-0.2, -0.15) is 5.10 Å². The summed E-state index contributed by atoms with van der Waals surface area (Å²) in [7, 11) is 0. The highest BCUT2D eigenvalue weighted by Gasteiger charge is 2.16. The summed E-state index contributed by atoms with van der Waals surface area (Å²) in [4.78, 5) is 12.4. The minimum atomic E-state index is -0.0434. The Morgan fingerprint density at radius 2 is 1.77 bits per heavy atom. The van der Waals surface area contributed by atoms with E-state index in [2.05, 4.69) is 56.3 Å². The van der Waals surface area contributed by atoms with Crippen LogP contribution in [0.2, 0.25) is 0 Å². The number of nitrogens with one attached hydrogen (secondary N) is 1. The van der Waals surface area contributed by atoms with E-state index in [0.29, 0.717) is 11.8 Å². The number of hydrogen-bond donors (Lipinski definition) is 1. The molecule has 1 aromatic heterocycles. The molecule has 0 saturated heterocycles. The van der Waals surface area contributed by atoms with E-state index in [1.807, 2.05) is 13.1 Å². The van der Waals surface area contributed by atoms with Gasteiger partial charge in [-0.25, -0.2) is 0 Å². The normalized spacial score (nSPS) is 11.2. The predicted molar refractivity (Wildman–Crippen MR) is 90.2 cm³/mol. The number of carbonyl (C=O) groups is 1. The third-order valence-corrected chi connectivity index (χ3v) is 3.71. The number of carbonyl (C=O) groups excluding carboxylic acids is 1. The van der Waals surface area contributed by atoms with Crippen LogP contribution in [-0.4, -0.2) is 15.7 Å². The Kier molecular flexibility index (Phi) is 5.01. The first-order valence-electron chi connectivity index (χ1n) is 7.80. The maximum absolute atomic E-state index is 12.4. The van der Waals surface area contributed by atoms with Crippen LogP contribution < -0.4 is 5.32 Å². The molecule has 0 radical (unpaired) electrons. The molecule has 0 aliphatic rings. The maximum Gasteiger partial charge on any atom is 0.246 e. The highest BCUT2D eigenvalue weighted by molar-refractivity contribution is 5.92. The Labute approximate surface area is 132 Å². The van der Waals surface area contributed by atoms with Gasteiger partial charge in [0, 0.05) is 11.9 Å². The largest absolute Gasteiger partial charge is 0.324 e. The number of amides is 1. The molecular weight excluding hydrogens is 274 g/mol. The van der Waals surface area contributed by atoms with Crippen molar-refractivity contribution in [2.75, 3.05) is 5.32 Å². The Bertz CT molecular complexity index is 630. The molecule has 1 aromatic carbocycles. The van der Waals surface area contributed by atoms with Crippen LogP contribution in [-0.2, 0) is 11.3 Å². The summed E-state index contributed by atoms with van der Waals surface area (Å²) in [5.41, 5.74) is 4.37. The van der Waals surface area contributed by atoms with Crippen LogP contribution in [0.15, 0.2) is 30.6 Å². The van der Waals surface area contributed by atoms with E-state index in [9.17, 15) is 4.79 Å². The van der Waals surface area contributed by atoms with Crippen molar-refractivity contribution in [2.24, 2.45) is 0 Å². The van der Waals surface area contributed by atoms with Gasteiger partial charge in [0.25, 0.3) is 0 Å². The van der Waals surface area contributed by atoms with Gasteiger partial charge in [0.05, 0.1) is 6.20 Å². The Morgan fingerprint density at radius 3 is 2.23 bits per heavy atom. The molecule has 1 heterocycles. The van der Waals surface area contributed by atoms with E-state index < -0.39 is 0 Å². The summed E-state index contributed by atoms with van der Waals surface area (Å²) < 4.78 is 1.66. The topological polar surface area (TPSA) is 46.9 Å². The fraction of sp³-hybridized carbons (Fsp3) is 0.444. The van der Waals surface area contributed by atoms with Crippen molar-refractivity contribution in [3.8, 4) is 0 Å². The third kappa shape index (κ3) is 3.75. The highest BCUT2D eigenvalue weighted by Crippen LogP contribution is 2.32. The van der Waals surface area contributed by atoms with E-state index in [4.69, 9.17) is 0 Å². The molecule has 2 rings (SSSR count). The predicted octanol–water partition coefficient (Wildman–Crippen LogP) is 4.08. The van der Waals surface area contributed by atoms with Gasteiger partial charge in [0.1, 0.15) is 6.54 Å². The van der Waals surface area contributed by atoms with Crippen molar-refractivity contribution < 1.29 is 4.79 Å². The van der Waals surface area contributed by atoms with E-state index in [0.717, 1.165) is 11.3 Å². The molecule has 22 heavy (non-hydrogen) atoms. The first-order chi connectivity index (χ1) is 10.4. The van der Waals surface area contributed by atoms with Gasteiger partial charge >= 0.3 is 0 Å². The number of aryl methyl sites for hydroxylation is 1. The lowest BCUT2D eigenvalue weighted by Crippen LogP contribution is -2.21. The summed E-state index contributed by atoms with van der Waals surface area (Å²) >= 11 is 0. The number of rotatable bonds is 5. The third-order valence-electron chi connectivity index (χ3n) is 3.71. The quantitative estimate of drug-likeness (QED) is 0.904. The summed E-state index contributed by atoms with van der Waals surface area (Å²) in [5, 5.41) is 7.27. The average molecular weight is 299 g/mol. The van der Waals surface area contributed by atoms with Crippen molar-refractivity contribution in [3.05, 3.63) is 47.3 Å². The van der Waals surface area contributed by atoms with Gasteiger partial charge in [-0.05, 0) is 35.4 Å². The Hall–Kier alpha value is -2.10. The molecule has 0 aliphatic heterocycles. The minimum absolute atomic E-state index is 0.0434. The molecule has 0 saturated carbocycles. The van der Waals surface area contributed by atoms with Crippen LogP contribution in [0.5, 0.6) is 0 Å². The van der Waals surface area contributed by atoms with E-state index in [-0.39, 0.29) is 12.5 Å². The van der Waals surface area contributed by atoms with Gasteiger partial charge in [-0.15, -0.1) is 0 Å². The zero-order valence-corrected chi connectivity index (χ0v) is 14.1. The molecule has 0 spiro atoms. The second-order valence-electron chi connectivity index (χ2n) is 6.38. The first kappa shape index (κ1) is 16.3. The molecule has 0 fully saturated rings. The maximum atomic E-state index is 12.4. The Balaban J connectivity index is 2.25. The molecule has 4 nitrogen and oxygen atoms in total. The molecule has 2 aromatic rings. The van der Waals surface area contributed by atoms with Gasteiger partial charge in [0.2, 0.25) is 5.91 Å². The molecule has 118 valence electrons. The molecule has 1 N–H and O–H groups in total. The second kappa shape index (κ2) is 6.77. The van der Waals surface area contributed by atoms with Gasteiger partial charge in [-0.3, -0.25) is 9.48 Å². The summed E-state index contributed by atoms with van der Waals surface area (Å²) in [6, 6.07) is 6.24. The molecule has 4 heteroatoms. The van der Waals surface area contributed by atoms with Crippen molar-refractivity contribution in [3.63, 3.8) is 0 Å². The zero-order chi connectivity index (χ0) is 16.3. The molecule has 1 amide bonds. The number of nitrogens with zero attached hydrogens (tertiary/aromatic N) is 2. The standard InChI is InChI=1S/C18H25N3O/c1-12(2)15-7-6-8-16(13(3)4)18(15)20-17(22)11-21-10-14(5)9-19-21/h6-10,12-13H,11H2,1-5H3,(H,20,22). The van der Waals surface area contributed by atoms with Crippen molar-refractivity contribution in [1.82, 2.24) is 9.78 Å². The lowest BCUT2D eigenvalue weighted by Gasteiger charge is -2.20. The van der Waals surface area contributed by atoms with Crippen LogP contribution in [0.1, 0.15) is 56.2 Å². The van der Waals surface area contributed by atoms with Crippen LogP contribution in [0.3, 0.4) is 0 Å². The molecule has 0 unspecified atom stereocenters. The van der Waals surface area contributed by atoms with E-state index in [1.54, 1.807) is 10.9 Å². The number of aromatic nitrogens is 2. The van der Waals surface area contributed by atoms with Crippen LogP contribution in [0.25, 0.3) is 0 Å². The number of para-hydroxylation sites is 1. The summed E-state index contributed by atoms with van der Waals surface area (Å²) in [6.07, 6.45) is 3.63. The highest BCUT2D eigenvalue weighted by atomic mass is 16.2. The second-order valence-corrected chi connectivity index (χ2v) is 6.38. The first-order valence-corrected chi connectivity index (χ1v) is 7.80. The Morgan fingerprint density at radius 1 is 1.18 bits per heavy atom. The fourth-order valence-electron chi connectivity index (χ4n) is 2.57. The summed E-state index contributed by atoms with van der Waals surface area (Å²) in [6.45, 7) is 10.8. The van der Waals surface area contributed by atoms with Crippen LogP contribution in [0, 0.1) is 6.92 Å². The van der Waals surface area contributed by atoms with Crippen molar-refractivity contribution in [2.45, 2.75) is 53.0 Å². The van der Waals surface area contributed by atoms with Crippen LogP contribution >= 0.6 is 0 Å². The lowest BCUT2D eigenvalue weighted by atomic mass is 9.92. The SMILES string of the molecule is Cc1cnn(CC(=O)Nc2c(C(C)C)cccc2C(C)C)c1. The average Bonchev–Trinajstić information content (AvgIpc) is 2.83. The monoisotopic (exact) mass is 299 g/mol. The van der Waals surface area contributed by atoms with Crippen LogP contribution in [0.4, 0.5) is 5.69 Å². The molecule has 0 aliphatic carbocycles. The van der Waals surface area contributed by atoms with Crippen molar-refractivity contribution >= 4 is 11.6 Å². The zero-order valence-electron chi connectivity index (χ0n) is 14.1. The molecule has 0 atom stereocenters. The summed E-state index contributed by atoms with van der Waals surface area (Å²) in [5.74, 6) is 0.681. The molecular formula is C18H25N3O. The lowest BCUT2D eigenvalue weighted by molar-refractivity contribution is -0.116. The molecule has 0 bridgehead atoms. The smallest absolute Gasteiger partial charge is 0.246 e. The van der Waals surface area contributed by atoms with Gasteiger partial charge in [0.15, 0.2) is 0 Å².